The third kappa shape index (κ3) is 2.86. The molecule has 0 saturated carbocycles. The number of likely N-dealkylation sites (N-methyl/N-ethyl adjacent to an activating group) is 1. The summed E-state index contributed by atoms with van der Waals surface area (Å²) in [5.41, 5.74) is 3.57. The van der Waals surface area contributed by atoms with Gasteiger partial charge in [0.2, 0.25) is 0 Å². The van der Waals surface area contributed by atoms with Crippen LogP contribution in [0.25, 0.3) is 0 Å². The zero-order chi connectivity index (χ0) is 14.0. The summed E-state index contributed by atoms with van der Waals surface area (Å²) in [6.45, 7) is 4.21. The van der Waals surface area contributed by atoms with Gasteiger partial charge in [-0.3, -0.25) is 4.68 Å². The van der Waals surface area contributed by atoms with Crippen molar-refractivity contribution < 1.29 is 0 Å². The number of hydrogen-bond acceptors (Lipinski definition) is 3. The summed E-state index contributed by atoms with van der Waals surface area (Å²) in [4.78, 5) is 1.41. The van der Waals surface area contributed by atoms with E-state index in [0.717, 1.165) is 29.3 Å². The molecule has 0 bridgehead atoms. The number of rotatable bonds is 5. The van der Waals surface area contributed by atoms with Gasteiger partial charge in [0, 0.05) is 23.5 Å². The molecule has 2 rings (SSSR count). The molecule has 19 heavy (non-hydrogen) atoms. The summed E-state index contributed by atoms with van der Waals surface area (Å²) in [6, 6.07) is 2.51. The molecule has 0 aliphatic rings. The van der Waals surface area contributed by atoms with Gasteiger partial charge in [0.15, 0.2) is 0 Å². The van der Waals surface area contributed by atoms with Gasteiger partial charge in [0.05, 0.1) is 5.69 Å². The first-order chi connectivity index (χ1) is 9.08. The highest BCUT2D eigenvalue weighted by Crippen LogP contribution is 2.30. The monoisotopic (exact) mass is 297 g/mol. The van der Waals surface area contributed by atoms with Crippen LogP contribution >= 0.6 is 22.9 Å². The molecule has 0 aromatic carbocycles. The van der Waals surface area contributed by atoms with Gasteiger partial charge in [-0.1, -0.05) is 18.5 Å². The quantitative estimate of drug-likeness (QED) is 0.915. The van der Waals surface area contributed by atoms with Crippen molar-refractivity contribution in [2.24, 2.45) is 7.05 Å². The summed E-state index contributed by atoms with van der Waals surface area (Å²) >= 11 is 8.14. The molecule has 0 aliphatic carbocycles. The molecule has 2 heterocycles. The fourth-order valence-electron chi connectivity index (χ4n) is 2.38. The van der Waals surface area contributed by atoms with E-state index in [0.29, 0.717) is 6.04 Å². The number of hydrogen-bond donors (Lipinski definition) is 1. The van der Waals surface area contributed by atoms with E-state index in [1.165, 1.54) is 10.4 Å². The van der Waals surface area contributed by atoms with Crippen LogP contribution in [0, 0.1) is 6.92 Å². The van der Waals surface area contributed by atoms with Gasteiger partial charge in [-0.25, -0.2) is 0 Å². The minimum atomic E-state index is 0.301. The van der Waals surface area contributed by atoms with E-state index in [-0.39, 0.29) is 0 Å². The molecule has 0 spiro atoms. The molecule has 0 amide bonds. The van der Waals surface area contributed by atoms with Crippen LogP contribution < -0.4 is 5.32 Å². The fourth-order valence-corrected chi connectivity index (χ4v) is 3.74. The lowest BCUT2D eigenvalue weighted by Crippen LogP contribution is -2.19. The van der Waals surface area contributed by atoms with Crippen molar-refractivity contribution in [2.45, 2.75) is 32.7 Å². The minimum Gasteiger partial charge on any atom is -0.312 e. The summed E-state index contributed by atoms with van der Waals surface area (Å²) in [7, 11) is 3.89. The van der Waals surface area contributed by atoms with E-state index < -0.39 is 0 Å². The van der Waals surface area contributed by atoms with Crippen LogP contribution in [0.15, 0.2) is 11.4 Å². The van der Waals surface area contributed by atoms with E-state index >= 15 is 0 Å². The standard InChI is InChI=1S/C14H20ClN3S/c1-5-10-6-7-19-13(10)12(16-3)8-11-9(2)17-18(4)14(11)15/h6-7,12,16H,5,8H2,1-4H3. The summed E-state index contributed by atoms with van der Waals surface area (Å²) in [6.07, 6.45) is 1.94. The topological polar surface area (TPSA) is 29.9 Å². The molecule has 0 fully saturated rings. The van der Waals surface area contributed by atoms with Gasteiger partial charge < -0.3 is 5.32 Å². The Morgan fingerprint density at radius 1 is 1.53 bits per heavy atom. The Morgan fingerprint density at radius 3 is 2.79 bits per heavy atom. The number of nitrogens with one attached hydrogen (secondary N) is 1. The zero-order valence-electron chi connectivity index (χ0n) is 11.8. The highest BCUT2D eigenvalue weighted by molar-refractivity contribution is 7.10. The molecule has 1 unspecified atom stereocenters. The Kier molecular flexibility index (Phi) is 4.66. The lowest BCUT2D eigenvalue weighted by atomic mass is 10.0. The first-order valence-corrected chi connectivity index (χ1v) is 7.75. The smallest absolute Gasteiger partial charge is 0.130 e. The van der Waals surface area contributed by atoms with E-state index in [1.54, 1.807) is 4.68 Å². The van der Waals surface area contributed by atoms with Crippen molar-refractivity contribution in [1.29, 1.82) is 0 Å². The second kappa shape index (κ2) is 6.07. The summed E-state index contributed by atoms with van der Waals surface area (Å²) in [5, 5.41) is 10.7. The average Bonchev–Trinajstić information content (AvgIpc) is 2.95. The first-order valence-electron chi connectivity index (χ1n) is 6.50. The third-order valence-electron chi connectivity index (χ3n) is 3.50. The molecular formula is C14H20ClN3S. The number of nitrogens with zero attached hydrogens (tertiary/aromatic N) is 2. The first kappa shape index (κ1) is 14.6. The molecule has 5 heteroatoms. The normalized spacial score (nSPS) is 12.9. The van der Waals surface area contributed by atoms with E-state index in [1.807, 2.05) is 32.4 Å². The molecule has 0 aliphatic heterocycles. The Morgan fingerprint density at radius 2 is 2.26 bits per heavy atom. The molecular weight excluding hydrogens is 278 g/mol. The number of aromatic nitrogens is 2. The van der Waals surface area contributed by atoms with Gasteiger partial charge in [-0.15, -0.1) is 11.3 Å². The molecule has 3 nitrogen and oxygen atoms in total. The van der Waals surface area contributed by atoms with Gasteiger partial charge in [0.25, 0.3) is 0 Å². The Labute approximate surface area is 123 Å². The second-order valence-electron chi connectivity index (χ2n) is 4.69. The van der Waals surface area contributed by atoms with Gasteiger partial charge in [-0.05, 0) is 43.8 Å². The lowest BCUT2D eigenvalue weighted by molar-refractivity contribution is 0.596. The second-order valence-corrected chi connectivity index (χ2v) is 5.99. The lowest BCUT2D eigenvalue weighted by Gasteiger charge is -2.16. The molecule has 1 N–H and O–H groups in total. The van der Waals surface area contributed by atoms with Crippen molar-refractivity contribution >= 4 is 22.9 Å². The van der Waals surface area contributed by atoms with Crippen LogP contribution in [-0.2, 0) is 19.9 Å². The predicted octanol–water partition coefficient (Wildman–Crippen LogP) is 3.51. The van der Waals surface area contributed by atoms with Crippen LogP contribution in [-0.4, -0.2) is 16.8 Å². The van der Waals surface area contributed by atoms with Crippen molar-refractivity contribution in [3.05, 3.63) is 38.3 Å². The molecule has 2 aromatic heterocycles. The molecule has 0 radical (unpaired) electrons. The van der Waals surface area contributed by atoms with Crippen LogP contribution in [0.2, 0.25) is 5.15 Å². The highest BCUT2D eigenvalue weighted by Gasteiger charge is 2.20. The maximum absolute atomic E-state index is 6.33. The number of aryl methyl sites for hydroxylation is 3. The summed E-state index contributed by atoms with van der Waals surface area (Å²) < 4.78 is 1.74. The van der Waals surface area contributed by atoms with Crippen molar-refractivity contribution in [1.82, 2.24) is 15.1 Å². The maximum atomic E-state index is 6.33. The Balaban J connectivity index is 2.29. The number of halogens is 1. The van der Waals surface area contributed by atoms with Crippen molar-refractivity contribution in [3.63, 3.8) is 0 Å². The zero-order valence-corrected chi connectivity index (χ0v) is 13.4. The third-order valence-corrected chi connectivity index (χ3v) is 5.05. The maximum Gasteiger partial charge on any atom is 0.130 e. The van der Waals surface area contributed by atoms with Crippen LogP contribution in [0.4, 0.5) is 0 Å². The molecule has 0 saturated heterocycles. The summed E-state index contributed by atoms with van der Waals surface area (Å²) in [5.74, 6) is 0. The van der Waals surface area contributed by atoms with Crippen LogP contribution in [0.3, 0.4) is 0 Å². The van der Waals surface area contributed by atoms with Crippen molar-refractivity contribution in [2.75, 3.05) is 7.05 Å². The predicted molar refractivity (Wildman–Crippen MR) is 82.2 cm³/mol. The number of thiophene rings is 1. The Hall–Kier alpha value is -0.840. The van der Waals surface area contributed by atoms with Gasteiger partial charge >= 0.3 is 0 Å². The average molecular weight is 298 g/mol. The SMILES string of the molecule is CCc1ccsc1C(Cc1c(C)nn(C)c1Cl)NC. The van der Waals surface area contributed by atoms with Crippen LogP contribution in [0.1, 0.15) is 34.7 Å². The van der Waals surface area contributed by atoms with Gasteiger partial charge in [0.1, 0.15) is 5.15 Å². The molecule has 2 aromatic rings. The van der Waals surface area contributed by atoms with Crippen LogP contribution in [0.5, 0.6) is 0 Å². The minimum absolute atomic E-state index is 0.301. The largest absolute Gasteiger partial charge is 0.312 e. The van der Waals surface area contributed by atoms with E-state index in [9.17, 15) is 0 Å². The Bertz CT molecular complexity index is 559. The fraction of sp³-hybridized carbons (Fsp3) is 0.500. The van der Waals surface area contributed by atoms with Crippen molar-refractivity contribution in [3.8, 4) is 0 Å². The molecule has 104 valence electrons. The van der Waals surface area contributed by atoms with E-state index in [4.69, 9.17) is 11.6 Å². The van der Waals surface area contributed by atoms with Gasteiger partial charge in [-0.2, -0.15) is 5.10 Å². The highest BCUT2D eigenvalue weighted by atomic mass is 35.5. The van der Waals surface area contributed by atoms with E-state index in [2.05, 4.69) is 28.8 Å². The molecule has 1 atom stereocenters.